The van der Waals surface area contributed by atoms with Gasteiger partial charge in [0.15, 0.2) is 0 Å². The van der Waals surface area contributed by atoms with Crippen molar-refractivity contribution in [1.82, 2.24) is 20.1 Å². The standard InChI is InChI=1S/C16H13ClN6O2/c17-11-5-13(19-7-9(11)6-18)20-16(25)23-10-1-2-12(23)15-8(3-10)4-14(24)21-22-15/h4-5,7,10,12H,1-3H2,(H,21,24)(H,19,20,25). The lowest BCUT2D eigenvalue weighted by molar-refractivity contribution is 0.177. The van der Waals surface area contributed by atoms with Crippen molar-refractivity contribution in [1.29, 1.82) is 5.26 Å². The highest BCUT2D eigenvalue weighted by Crippen LogP contribution is 2.42. The summed E-state index contributed by atoms with van der Waals surface area (Å²) in [6.07, 6.45) is 3.58. The molecule has 1 saturated heterocycles. The highest BCUT2D eigenvalue weighted by molar-refractivity contribution is 6.32. The van der Waals surface area contributed by atoms with E-state index < -0.39 is 0 Å². The predicted molar refractivity (Wildman–Crippen MR) is 89.1 cm³/mol. The number of aromatic nitrogens is 3. The quantitative estimate of drug-likeness (QED) is 0.810. The fourth-order valence-electron chi connectivity index (χ4n) is 3.57. The minimum absolute atomic E-state index is 0.0231. The Labute approximate surface area is 147 Å². The predicted octanol–water partition coefficient (Wildman–Crippen LogP) is 1.98. The van der Waals surface area contributed by atoms with Gasteiger partial charge in [-0.1, -0.05) is 11.6 Å². The van der Waals surface area contributed by atoms with Crippen molar-refractivity contribution in [2.75, 3.05) is 5.32 Å². The lowest BCUT2D eigenvalue weighted by Crippen LogP contribution is -2.45. The maximum atomic E-state index is 12.7. The summed E-state index contributed by atoms with van der Waals surface area (Å²) in [7, 11) is 0. The van der Waals surface area contributed by atoms with E-state index >= 15 is 0 Å². The van der Waals surface area contributed by atoms with Gasteiger partial charge in [0, 0.05) is 24.4 Å². The van der Waals surface area contributed by atoms with Crippen molar-refractivity contribution in [2.45, 2.75) is 31.3 Å². The molecule has 1 fully saturated rings. The van der Waals surface area contributed by atoms with Crippen LogP contribution in [0.1, 0.15) is 35.7 Å². The molecule has 2 aliphatic heterocycles. The Bertz CT molecular complexity index is 966. The van der Waals surface area contributed by atoms with Gasteiger partial charge in [-0.2, -0.15) is 10.4 Å². The summed E-state index contributed by atoms with van der Waals surface area (Å²) >= 11 is 5.98. The van der Waals surface area contributed by atoms with Crippen LogP contribution < -0.4 is 10.9 Å². The third kappa shape index (κ3) is 2.62. The number of H-pyrrole nitrogens is 1. The van der Waals surface area contributed by atoms with Crippen LogP contribution in [0.2, 0.25) is 5.02 Å². The Morgan fingerprint density at radius 2 is 2.28 bits per heavy atom. The number of halogens is 1. The molecule has 8 nitrogen and oxygen atoms in total. The number of nitrogens with one attached hydrogen (secondary N) is 2. The van der Waals surface area contributed by atoms with E-state index in [4.69, 9.17) is 16.9 Å². The minimum atomic E-state index is -0.292. The first kappa shape index (κ1) is 15.6. The molecule has 2 bridgehead atoms. The van der Waals surface area contributed by atoms with Gasteiger partial charge in [-0.25, -0.2) is 14.9 Å². The molecular formula is C16H13ClN6O2. The summed E-state index contributed by atoms with van der Waals surface area (Å²) < 4.78 is 0. The zero-order valence-corrected chi connectivity index (χ0v) is 13.7. The first-order valence-electron chi connectivity index (χ1n) is 7.80. The molecule has 25 heavy (non-hydrogen) atoms. The van der Waals surface area contributed by atoms with Crippen LogP contribution in [0.4, 0.5) is 10.6 Å². The van der Waals surface area contributed by atoms with E-state index in [-0.39, 0.29) is 40.1 Å². The SMILES string of the molecule is N#Cc1cnc(NC(=O)N2C3CCC2c2n[nH]c(=O)cc2C3)cc1Cl. The number of aromatic amines is 1. The molecule has 9 heteroatoms. The average Bonchev–Trinajstić information content (AvgIpc) is 2.90. The van der Waals surface area contributed by atoms with Crippen LogP contribution in [-0.4, -0.2) is 32.2 Å². The molecule has 0 radical (unpaired) electrons. The first-order chi connectivity index (χ1) is 12.1. The largest absolute Gasteiger partial charge is 0.323 e. The molecular weight excluding hydrogens is 344 g/mol. The molecule has 2 aromatic rings. The topological polar surface area (TPSA) is 115 Å². The number of fused-ring (bicyclic) bond motifs is 4. The van der Waals surface area contributed by atoms with Gasteiger partial charge in [-0.15, -0.1) is 0 Å². The molecule has 2 atom stereocenters. The summed E-state index contributed by atoms with van der Waals surface area (Å²) in [5, 5.41) is 18.4. The molecule has 2 aliphatic rings. The van der Waals surface area contributed by atoms with E-state index in [1.165, 1.54) is 12.3 Å². The second-order valence-electron chi connectivity index (χ2n) is 6.09. The Morgan fingerprint density at radius 1 is 1.44 bits per heavy atom. The molecule has 0 aliphatic carbocycles. The van der Waals surface area contributed by atoms with Crippen LogP contribution in [0.25, 0.3) is 0 Å². The molecule has 2 N–H and O–H groups in total. The normalized spacial score (nSPS) is 20.7. The third-order valence-corrected chi connectivity index (χ3v) is 4.95. The first-order valence-corrected chi connectivity index (χ1v) is 8.18. The van der Waals surface area contributed by atoms with Gasteiger partial charge in [0.25, 0.3) is 5.56 Å². The summed E-state index contributed by atoms with van der Waals surface area (Å²) in [6.45, 7) is 0. The molecule has 2 amide bonds. The van der Waals surface area contributed by atoms with Crippen molar-refractivity contribution >= 4 is 23.4 Å². The lowest BCUT2D eigenvalue weighted by atomic mass is 9.99. The van der Waals surface area contributed by atoms with Crippen molar-refractivity contribution in [3.63, 3.8) is 0 Å². The van der Waals surface area contributed by atoms with E-state index in [1.54, 1.807) is 11.0 Å². The van der Waals surface area contributed by atoms with Gasteiger partial charge in [0.2, 0.25) is 0 Å². The highest BCUT2D eigenvalue weighted by Gasteiger charge is 2.43. The number of nitrogens with zero attached hydrogens (tertiary/aromatic N) is 4. The zero-order valence-electron chi connectivity index (χ0n) is 13.0. The van der Waals surface area contributed by atoms with Crippen LogP contribution in [0.3, 0.4) is 0 Å². The number of amides is 2. The molecule has 0 saturated carbocycles. The average molecular weight is 357 g/mol. The van der Waals surface area contributed by atoms with Gasteiger partial charge < -0.3 is 4.90 Å². The van der Waals surface area contributed by atoms with Gasteiger partial charge in [0.1, 0.15) is 11.9 Å². The number of hydrogen-bond acceptors (Lipinski definition) is 5. The molecule has 4 heterocycles. The number of carbonyl (C=O) groups is 1. The molecule has 126 valence electrons. The summed E-state index contributed by atoms with van der Waals surface area (Å²) in [5.41, 5.74) is 1.67. The van der Waals surface area contributed by atoms with Gasteiger partial charge in [0.05, 0.1) is 22.3 Å². The van der Waals surface area contributed by atoms with Crippen LogP contribution >= 0.6 is 11.6 Å². The number of hydrogen-bond donors (Lipinski definition) is 2. The van der Waals surface area contributed by atoms with Crippen molar-refractivity contribution in [3.05, 3.63) is 50.5 Å². The number of pyridine rings is 1. The Morgan fingerprint density at radius 3 is 3.04 bits per heavy atom. The van der Waals surface area contributed by atoms with E-state index in [0.29, 0.717) is 6.42 Å². The van der Waals surface area contributed by atoms with Gasteiger partial charge in [-0.05, 0) is 24.8 Å². The summed E-state index contributed by atoms with van der Waals surface area (Å²) in [5.74, 6) is 0.286. The minimum Gasteiger partial charge on any atom is -0.312 e. The number of nitriles is 1. The zero-order chi connectivity index (χ0) is 17.6. The fourth-order valence-corrected chi connectivity index (χ4v) is 3.77. The van der Waals surface area contributed by atoms with Crippen molar-refractivity contribution < 1.29 is 4.79 Å². The van der Waals surface area contributed by atoms with Crippen LogP contribution in [0.15, 0.2) is 23.1 Å². The third-order valence-electron chi connectivity index (χ3n) is 4.64. The maximum Gasteiger partial charge on any atom is 0.323 e. The van der Waals surface area contributed by atoms with E-state index in [2.05, 4.69) is 20.5 Å². The van der Waals surface area contributed by atoms with Crippen molar-refractivity contribution in [3.8, 4) is 6.07 Å². The van der Waals surface area contributed by atoms with Crippen LogP contribution in [0.5, 0.6) is 0 Å². The Balaban J connectivity index is 1.59. The summed E-state index contributed by atoms with van der Waals surface area (Å²) in [4.78, 5) is 30.0. The number of urea groups is 1. The highest BCUT2D eigenvalue weighted by atomic mass is 35.5. The van der Waals surface area contributed by atoms with E-state index in [0.717, 1.165) is 24.1 Å². The number of anilines is 1. The van der Waals surface area contributed by atoms with Crippen LogP contribution in [0, 0.1) is 11.3 Å². The lowest BCUT2D eigenvalue weighted by Gasteiger charge is -2.35. The van der Waals surface area contributed by atoms with Crippen molar-refractivity contribution in [2.24, 2.45) is 0 Å². The fraction of sp³-hybridized carbons (Fsp3) is 0.312. The second-order valence-corrected chi connectivity index (χ2v) is 6.50. The Kier molecular flexibility index (Phi) is 3.66. The molecule has 2 unspecified atom stereocenters. The summed E-state index contributed by atoms with van der Waals surface area (Å²) in [6, 6.07) is 4.50. The Hall–Kier alpha value is -2.92. The monoisotopic (exact) mass is 356 g/mol. The van der Waals surface area contributed by atoms with E-state index in [1.807, 2.05) is 6.07 Å². The van der Waals surface area contributed by atoms with Gasteiger partial charge >= 0.3 is 6.03 Å². The number of rotatable bonds is 1. The van der Waals surface area contributed by atoms with Crippen LogP contribution in [-0.2, 0) is 6.42 Å². The van der Waals surface area contributed by atoms with Gasteiger partial charge in [-0.3, -0.25) is 10.1 Å². The smallest absolute Gasteiger partial charge is 0.312 e. The molecule has 2 aromatic heterocycles. The molecule has 0 aromatic carbocycles. The second kappa shape index (κ2) is 5.86. The maximum absolute atomic E-state index is 12.7. The van der Waals surface area contributed by atoms with E-state index in [9.17, 15) is 9.59 Å². The number of carbonyl (C=O) groups excluding carboxylic acids is 1. The molecule has 0 spiro atoms. The molecule has 4 rings (SSSR count).